The van der Waals surface area contributed by atoms with Crippen molar-refractivity contribution in [2.45, 2.75) is 25.4 Å². The first kappa shape index (κ1) is 14.9. The summed E-state index contributed by atoms with van der Waals surface area (Å²) in [6.45, 7) is 4.87. The van der Waals surface area contributed by atoms with Gasteiger partial charge in [0.25, 0.3) is 0 Å². The number of aromatic nitrogens is 1. The maximum Gasteiger partial charge on any atom is 0.0587 e. The molecule has 1 aromatic rings. The summed E-state index contributed by atoms with van der Waals surface area (Å²) in [5.74, 6) is 0. The molecule has 0 amide bonds. The molecular formula is C14H22BrN3O. The molecule has 2 rings (SSSR count). The van der Waals surface area contributed by atoms with Gasteiger partial charge in [0.15, 0.2) is 0 Å². The van der Waals surface area contributed by atoms with Crippen molar-refractivity contribution >= 4 is 15.9 Å². The van der Waals surface area contributed by atoms with Gasteiger partial charge in [0, 0.05) is 43.5 Å². The van der Waals surface area contributed by atoms with E-state index in [-0.39, 0.29) is 0 Å². The van der Waals surface area contributed by atoms with Crippen LogP contribution in [0.15, 0.2) is 22.8 Å². The van der Waals surface area contributed by atoms with Gasteiger partial charge in [-0.1, -0.05) is 0 Å². The molecule has 1 aromatic heterocycles. The molecule has 0 aliphatic carbocycles. The van der Waals surface area contributed by atoms with Gasteiger partial charge in [0.2, 0.25) is 0 Å². The highest BCUT2D eigenvalue weighted by molar-refractivity contribution is 9.10. The zero-order chi connectivity index (χ0) is 13.5. The standard InChI is InChI=1S/C14H22BrN3O/c1-19-8-6-16-10-14-3-2-7-18(14)11-13-5-4-12(15)9-17-13/h4-5,9,14,16H,2-3,6-8,10-11H2,1H3. The SMILES string of the molecule is COCCNCC1CCCN1Cc1ccc(Br)cn1. The van der Waals surface area contributed by atoms with Crippen molar-refractivity contribution in [1.82, 2.24) is 15.2 Å². The summed E-state index contributed by atoms with van der Waals surface area (Å²) in [7, 11) is 1.74. The first-order chi connectivity index (χ1) is 9.29. The highest BCUT2D eigenvalue weighted by Crippen LogP contribution is 2.19. The van der Waals surface area contributed by atoms with Crippen LogP contribution in [0, 0.1) is 0 Å². The molecule has 106 valence electrons. The second-order valence-electron chi connectivity index (χ2n) is 4.93. The number of likely N-dealkylation sites (tertiary alicyclic amines) is 1. The van der Waals surface area contributed by atoms with E-state index >= 15 is 0 Å². The van der Waals surface area contributed by atoms with Gasteiger partial charge in [-0.05, 0) is 47.4 Å². The molecule has 4 nitrogen and oxygen atoms in total. The molecular weight excluding hydrogens is 306 g/mol. The molecule has 0 aromatic carbocycles. The maximum atomic E-state index is 5.05. The molecule has 1 aliphatic rings. The predicted molar refractivity (Wildman–Crippen MR) is 80.1 cm³/mol. The summed E-state index contributed by atoms with van der Waals surface area (Å²) in [6, 6.07) is 4.78. The molecule has 19 heavy (non-hydrogen) atoms. The monoisotopic (exact) mass is 327 g/mol. The zero-order valence-corrected chi connectivity index (χ0v) is 13.0. The Labute approximate surface area is 123 Å². The number of halogens is 1. The number of ether oxygens (including phenoxy) is 1. The van der Waals surface area contributed by atoms with Crippen LogP contribution in [0.1, 0.15) is 18.5 Å². The maximum absolute atomic E-state index is 5.05. The number of methoxy groups -OCH3 is 1. The van der Waals surface area contributed by atoms with E-state index in [4.69, 9.17) is 4.74 Å². The van der Waals surface area contributed by atoms with E-state index in [2.05, 4.69) is 43.3 Å². The lowest BCUT2D eigenvalue weighted by atomic mass is 10.2. The minimum Gasteiger partial charge on any atom is -0.383 e. The molecule has 2 heterocycles. The third kappa shape index (κ3) is 4.84. The number of nitrogens with zero attached hydrogens (tertiary/aromatic N) is 2. The van der Waals surface area contributed by atoms with Crippen LogP contribution in [0.25, 0.3) is 0 Å². The Kier molecular flexibility index (Phi) is 6.23. The second kappa shape index (κ2) is 7.94. The van der Waals surface area contributed by atoms with Crippen LogP contribution in [-0.4, -0.2) is 49.3 Å². The lowest BCUT2D eigenvalue weighted by Crippen LogP contribution is -2.38. The summed E-state index contributed by atoms with van der Waals surface area (Å²) in [5, 5.41) is 3.46. The fraction of sp³-hybridized carbons (Fsp3) is 0.643. The molecule has 0 saturated carbocycles. The highest BCUT2D eigenvalue weighted by atomic mass is 79.9. The Morgan fingerprint density at radius 3 is 3.16 bits per heavy atom. The van der Waals surface area contributed by atoms with E-state index in [0.29, 0.717) is 6.04 Å². The van der Waals surface area contributed by atoms with Crippen molar-refractivity contribution < 1.29 is 4.74 Å². The van der Waals surface area contributed by atoms with Crippen LogP contribution >= 0.6 is 15.9 Å². The van der Waals surface area contributed by atoms with Crippen LogP contribution in [0.5, 0.6) is 0 Å². The van der Waals surface area contributed by atoms with Gasteiger partial charge in [0.05, 0.1) is 12.3 Å². The van der Waals surface area contributed by atoms with Gasteiger partial charge in [-0.25, -0.2) is 0 Å². The Morgan fingerprint density at radius 2 is 2.42 bits per heavy atom. The van der Waals surface area contributed by atoms with Crippen LogP contribution in [0.4, 0.5) is 0 Å². The molecule has 0 radical (unpaired) electrons. The lowest BCUT2D eigenvalue weighted by molar-refractivity contribution is 0.190. The third-order valence-corrected chi connectivity index (χ3v) is 3.98. The smallest absolute Gasteiger partial charge is 0.0587 e. The number of hydrogen-bond donors (Lipinski definition) is 1. The van der Waals surface area contributed by atoms with Crippen molar-refractivity contribution in [2.75, 3.05) is 33.4 Å². The van der Waals surface area contributed by atoms with Gasteiger partial charge >= 0.3 is 0 Å². The molecule has 1 N–H and O–H groups in total. The number of hydrogen-bond acceptors (Lipinski definition) is 4. The van der Waals surface area contributed by atoms with Crippen LogP contribution in [-0.2, 0) is 11.3 Å². The van der Waals surface area contributed by atoms with Crippen LogP contribution < -0.4 is 5.32 Å². The van der Waals surface area contributed by atoms with Crippen LogP contribution in [0.3, 0.4) is 0 Å². The van der Waals surface area contributed by atoms with E-state index < -0.39 is 0 Å². The fourth-order valence-corrected chi connectivity index (χ4v) is 2.72. The summed E-state index contributed by atoms with van der Waals surface area (Å²) < 4.78 is 6.09. The first-order valence-corrected chi connectivity index (χ1v) is 7.63. The molecule has 0 bridgehead atoms. The summed E-state index contributed by atoms with van der Waals surface area (Å²) in [6.07, 6.45) is 4.43. The van der Waals surface area contributed by atoms with Crippen molar-refractivity contribution in [3.8, 4) is 0 Å². The highest BCUT2D eigenvalue weighted by Gasteiger charge is 2.24. The molecule has 0 spiro atoms. The van der Waals surface area contributed by atoms with E-state index in [1.165, 1.54) is 19.4 Å². The molecule has 1 fully saturated rings. The molecule has 1 atom stereocenters. The quantitative estimate of drug-likeness (QED) is 0.778. The van der Waals surface area contributed by atoms with E-state index in [0.717, 1.165) is 36.4 Å². The Hall–Kier alpha value is -0.490. The predicted octanol–water partition coefficient (Wildman–Crippen LogP) is 2.04. The Morgan fingerprint density at radius 1 is 1.53 bits per heavy atom. The third-order valence-electron chi connectivity index (χ3n) is 3.52. The van der Waals surface area contributed by atoms with Crippen molar-refractivity contribution in [3.05, 3.63) is 28.5 Å². The number of rotatable bonds is 7. The average molecular weight is 328 g/mol. The van der Waals surface area contributed by atoms with E-state index in [1.807, 2.05) is 6.20 Å². The first-order valence-electron chi connectivity index (χ1n) is 6.83. The largest absolute Gasteiger partial charge is 0.383 e. The van der Waals surface area contributed by atoms with Gasteiger partial charge in [-0.3, -0.25) is 9.88 Å². The zero-order valence-electron chi connectivity index (χ0n) is 11.4. The van der Waals surface area contributed by atoms with Crippen LogP contribution in [0.2, 0.25) is 0 Å². The van der Waals surface area contributed by atoms with Gasteiger partial charge in [-0.15, -0.1) is 0 Å². The molecule has 1 saturated heterocycles. The summed E-state index contributed by atoms with van der Waals surface area (Å²) >= 11 is 3.42. The van der Waals surface area contributed by atoms with Crippen molar-refractivity contribution in [2.24, 2.45) is 0 Å². The normalized spacial score (nSPS) is 20.0. The topological polar surface area (TPSA) is 37.4 Å². The fourth-order valence-electron chi connectivity index (χ4n) is 2.49. The Bertz CT molecular complexity index is 371. The summed E-state index contributed by atoms with van der Waals surface area (Å²) in [5.41, 5.74) is 1.15. The van der Waals surface area contributed by atoms with E-state index in [9.17, 15) is 0 Å². The van der Waals surface area contributed by atoms with Crippen molar-refractivity contribution in [1.29, 1.82) is 0 Å². The molecule has 1 unspecified atom stereocenters. The molecule has 1 aliphatic heterocycles. The van der Waals surface area contributed by atoms with Crippen molar-refractivity contribution in [3.63, 3.8) is 0 Å². The second-order valence-corrected chi connectivity index (χ2v) is 5.85. The van der Waals surface area contributed by atoms with Gasteiger partial charge in [-0.2, -0.15) is 0 Å². The Balaban J connectivity index is 1.79. The van der Waals surface area contributed by atoms with E-state index in [1.54, 1.807) is 7.11 Å². The number of nitrogens with one attached hydrogen (secondary N) is 1. The average Bonchev–Trinajstić information content (AvgIpc) is 2.85. The van der Waals surface area contributed by atoms with Gasteiger partial charge in [0.1, 0.15) is 0 Å². The molecule has 5 heteroatoms. The summed E-state index contributed by atoms with van der Waals surface area (Å²) in [4.78, 5) is 6.98. The van der Waals surface area contributed by atoms with Gasteiger partial charge < -0.3 is 10.1 Å². The minimum atomic E-state index is 0.627. The minimum absolute atomic E-state index is 0.627. The number of pyridine rings is 1. The lowest BCUT2D eigenvalue weighted by Gasteiger charge is -2.24.